The summed E-state index contributed by atoms with van der Waals surface area (Å²) in [6, 6.07) is 11.9. The van der Waals surface area contributed by atoms with Gasteiger partial charge in [0.25, 0.3) is 5.91 Å². The van der Waals surface area contributed by atoms with Gasteiger partial charge < -0.3 is 19.5 Å². The van der Waals surface area contributed by atoms with Crippen LogP contribution < -0.4 is 15.0 Å². The number of rotatable bonds is 6. The number of benzene rings is 1. The van der Waals surface area contributed by atoms with Crippen LogP contribution in [0.2, 0.25) is 0 Å². The standard InChI is InChI=1S/C22H19F3N4O3/c1-14(27-21(30)18-9-11-26-32-18)15-5-7-16(8-6-15)31-17-10-12-29(13-17)20-4-2-3-19(28-20)22(23,24)25/h2-9,11,14,17H,1,10,12-13H2/p+1. The molecule has 1 N–H and O–H groups in total. The third kappa shape index (κ3) is 4.96. The third-order valence-corrected chi connectivity index (χ3v) is 5.05. The van der Waals surface area contributed by atoms with Crippen molar-refractivity contribution in [3.8, 4) is 5.75 Å². The molecular formula is C22H20F3N4O3+. The first-order valence-corrected chi connectivity index (χ1v) is 9.90. The van der Waals surface area contributed by atoms with Crippen molar-refractivity contribution in [1.29, 1.82) is 0 Å². The van der Waals surface area contributed by atoms with E-state index >= 15 is 0 Å². The van der Waals surface area contributed by atoms with Crippen molar-refractivity contribution in [2.75, 3.05) is 18.0 Å². The highest BCUT2D eigenvalue weighted by Crippen LogP contribution is 2.30. The maximum atomic E-state index is 12.9. The molecule has 1 fully saturated rings. The van der Waals surface area contributed by atoms with Crippen LogP contribution in [0.3, 0.4) is 0 Å². The molecule has 3 heterocycles. The van der Waals surface area contributed by atoms with Crippen molar-refractivity contribution in [3.63, 3.8) is 0 Å². The highest BCUT2D eigenvalue weighted by Gasteiger charge is 2.33. The van der Waals surface area contributed by atoms with E-state index in [1.54, 1.807) is 35.2 Å². The zero-order valence-electron chi connectivity index (χ0n) is 16.9. The number of aromatic nitrogens is 2. The number of carbonyl (C=O) groups excluding carboxylic acids is 1. The number of nitrogens with one attached hydrogen (secondary N) is 1. The average Bonchev–Trinajstić information content (AvgIpc) is 3.46. The molecule has 1 saturated heterocycles. The number of pyridine rings is 1. The van der Waals surface area contributed by atoms with Crippen molar-refractivity contribution in [3.05, 3.63) is 78.7 Å². The molecule has 0 radical (unpaired) electrons. The van der Waals surface area contributed by atoms with Gasteiger partial charge in [-0.05, 0) is 36.4 Å². The predicted molar refractivity (Wildman–Crippen MR) is 109 cm³/mol. The van der Waals surface area contributed by atoms with Gasteiger partial charge in [-0.1, -0.05) is 11.2 Å². The molecule has 1 aromatic carbocycles. The molecule has 1 aliphatic rings. The van der Waals surface area contributed by atoms with Crippen molar-refractivity contribution < 1.29 is 27.2 Å². The second kappa shape index (κ2) is 8.81. The lowest BCUT2D eigenvalue weighted by Crippen LogP contribution is -2.26. The number of alkyl halides is 3. The van der Waals surface area contributed by atoms with Gasteiger partial charge in [-0.25, -0.2) is 4.98 Å². The number of nitrogens with zero attached hydrogens (tertiary/aromatic N) is 3. The smallest absolute Gasteiger partial charge is 0.433 e. The molecule has 2 aromatic heterocycles. The fraction of sp³-hybridized carbons (Fsp3) is 0.273. The van der Waals surface area contributed by atoms with Crippen LogP contribution in [0, 0.1) is 6.92 Å². The lowest BCUT2D eigenvalue weighted by Gasteiger charge is -2.19. The fourth-order valence-corrected chi connectivity index (χ4v) is 3.41. The van der Waals surface area contributed by atoms with Crippen LogP contribution in [-0.4, -0.2) is 35.2 Å². The van der Waals surface area contributed by atoms with Gasteiger partial charge in [0.05, 0.1) is 19.7 Å². The molecule has 1 amide bonds. The van der Waals surface area contributed by atoms with E-state index in [1.807, 2.05) is 0 Å². The molecule has 0 spiro atoms. The van der Waals surface area contributed by atoms with Gasteiger partial charge in [-0.2, -0.15) is 13.2 Å². The Labute approximate surface area is 182 Å². The summed E-state index contributed by atoms with van der Waals surface area (Å²) in [6.07, 6.45) is -2.62. The summed E-state index contributed by atoms with van der Waals surface area (Å²) < 4.78 is 49.5. The van der Waals surface area contributed by atoms with Crippen molar-refractivity contribution in [2.45, 2.75) is 24.7 Å². The topological polar surface area (TPSA) is 80.5 Å². The molecule has 1 aliphatic heterocycles. The van der Waals surface area contributed by atoms with Gasteiger partial charge in [0.1, 0.15) is 23.4 Å². The van der Waals surface area contributed by atoms with Crippen LogP contribution in [0.1, 0.15) is 34.3 Å². The number of anilines is 1. The zero-order chi connectivity index (χ0) is 22.7. The molecule has 7 nitrogen and oxygen atoms in total. The van der Waals surface area contributed by atoms with Crippen LogP contribution in [0.5, 0.6) is 5.75 Å². The minimum atomic E-state index is -4.48. The van der Waals surface area contributed by atoms with Crippen LogP contribution in [-0.2, 0) is 6.18 Å². The molecule has 0 saturated carbocycles. The van der Waals surface area contributed by atoms with Crippen molar-refractivity contribution in [1.82, 2.24) is 15.5 Å². The van der Waals surface area contributed by atoms with E-state index in [-0.39, 0.29) is 17.7 Å². The Kier molecular flexibility index (Phi) is 5.93. The molecule has 3 aromatic rings. The summed E-state index contributed by atoms with van der Waals surface area (Å²) in [7, 11) is 0. The summed E-state index contributed by atoms with van der Waals surface area (Å²) in [6.45, 7) is 4.91. The van der Waals surface area contributed by atoms with E-state index in [9.17, 15) is 18.0 Å². The Hall–Kier alpha value is -3.69. The maximum Gasteiger partial charge on any atom is 0.433 e. The second-order valence-corrected chi connectivity index (χ2v) is 7.33. The van der Waals surface area contributed by atoms with E-state index in [4.69, 9.17) is 9.26 Å². The normalized spacial score (nSPS) is 17.2. The summed E-state index contributed by atoms with van der Waals surface area (Å²) in [5, 5.41) is 6.21. The molecule has 2 unspecified atom stereocenters. The summed E-state index contributed by atoms with van der Waals surface area (Å²) in [5.74, 6) is 0.576. The minimum absolute atomic E-state index is 0.0969. The highest BCUT2D eigenvalue weighted by molar-refractivity contribution is 5.91. The molecule has 0 aliphatic carbocycles. The lowest BCUT2D eigenvalue weighted by atomic mass is 10.1. The van der Waals surface area contributed by atoms with Gasteiger partial charge >= 0.3 is 6.18 Å². The largest absolute Gasteiger partial charge is 0.489 e. The summed E-state index contributed by atoms with van der Waals surface area (Å²) in [5.41, 5.74) is -0.139. The van der Waals surface area contributed by atoms with Gasteiger partial charge in [0, 0.05) is 24.6 Å². The number of ether oxygens (including phenoxy) is 1. The average molecular weight is 445 g/mol. The Bertz CT molecular complexity index is 1060. The molecule has 4 rings (SSSR count). The molecule has 2 atom stereocenters. The first kappa shape index (κ1) is 21.5. The number of amides is 1. The number of hydrogen-bond donors (Lipinski definition) is 1. The Morgan fingerprint density at radius 2 is 2.00 bits per heavy atom. The monoisotopic (exact) mass is 445 g/mol. The second-order valence-electron chi connectivity index (χ2n) is 7.33. The van der Waals surface area contributed by atoms with Crippen LogP contribution in [0.15, 0.2) is 59.3 Å². The van der Waals surface area contributed by atoms with Crippen LogP contribution in [0.4, 0.5) is 19.0 Å². The molecule has 166 valence electrons. The summed E-state index contributed by atoms with van der Waals surface area (Å²) >= 11 is 0. The predicted octanol–water partition coefficient (Wildman–Crippen LogP) is 4.05. The van der Waals surface area contributed by atoms with Crippen molar-refractivity contribution >= 4 is 11.7 Å². The van der Waals surface area contributed by atoms with E-state index in [0.29, 0.717) is 25.3 Å². The van der Waals surface area contributed by atoms with E-state index < -0.39 is 23.8 Å². The fourth-order valence-electron chi connectivity index (χ4n) is 3.41. The number of carbonyl (C=O) groups is 1. The number of hydrogen-bond acceptors (Lipinski definition) is 6. The van der Waals surface area contributed by atoms with E-state index in [0.717, 1.165) is 11.6 Å². The lowest BCUT2D eigenvalue weighted by molar-refractivity contribution is -0.141. The van der Waals surface area contributed by atoms with E-state index in [2.05, 4.69) is 22.4 Å². The Morgan fingerprint density at radius 3 is 2.69 bits per heavy atom. The molecule has 10 heteroatoms. The quantitative estimate of drug-likeness (QED) is 0.577. The summed E-state index contributed by atoms with van der Waals surface area (Å²) in [4.78, 5) is 17.5. The molecule has 32 heavy (non-hydrogen) atoms. The van der Waals surface area contributed by atoms with Gasteiger partial charge in [-0.3, -0.25) is 4.79 Å². The maximum absolute atomic E-state index is 12.9. The Morgan fingerprint density at radius 1 is 1.22 bits per heavy atom. The zero-order valence-corrected chi connectivity index (χ0v) is 16.9. The van der Waals surface area contributed by atoms with E-state index in [1.165, 1.54) is 18.3 Å². The first-order chi connectivity index (χ1) is 15.3. The number of halogens is 3. The third-order valence-electron chi connectivity index (χ3n) is 5.05. The van der Waals surface area contributed by atoms with Gasteiger partial charge in [-0.15, -0.1) is 0 Å². The Balaban J connectivity index is 1.33. The minimum Gasteiger partial charge on any atom is -0.489 e. The van der Waals surface area contributed by atoms with Gasteiger partial charge in [0.2, 0.25) is 5.76 Å². The van der Waals surface area contributed by atoms with Gasteiger partial charge in [0.15, 0.2) is 6.04 Å². The highest BCUT2D eigenvalue weighted by atomic mass is 19.4. The molecule has 0 bridgehead atoms. The van der Waals surface area contributed by atoms with Crippen LogP contribution >= 0.6 is 0 Å². The molecular weight excluding hydrogens is 425 g/mol. The van der Waals surface area contributed by atoms with Crippen molar-refractivity contribution in [2.24, 2.45) is 0 Å². The van der Waals surface area contributed by atoms with Crippen LogP contribution in [0.25, 0.3) is 0 Å². The first-order valence-electron chi connectivity index (χ1n) is 9.90. The SMILES string of the molecule is [CH2+]C(NC(=O)c1ccno1)c1ccc(OC2CCN(c3cccc(C(F)(F)F)n3)C2)cc1.